The van der Waals surface area contributed by atoms with E-state index in [0.717, 1.165) is 6.42 Å². The van der Waals surface area contributed by atoms with Gasteiger partial charge in [0.05, 0.1) is 6.61 Å². The van der Waals surface area contributed by atoms with Crippen LogP contribution in [0.5, 0.6) is 0 Å². The number of benzene rings is 1. The Balaban J connectivity index is 2.37. The summed E-state index contributed by atoms with van der Waals surface area (Å²) in [6.07, 6.45) is 0.929. The van der Waals surface area contributed by atoms with E-state index in [1.165, 1.54) is 11.1 Å². The number of hydrogen-bond acceptors (Lipinski definition) is 3. The predicted molar refractivity (Wildman–Crippen MR) is 74.3 cm³/mol. The Kier molecular flexibility index (Phi) is 3.50. The molecule has 0 saturated carbocycles. The summed E-state index contributed by atoms with van der Waals surface area (Å²) in [5.41, 5.74) is 2.59. The van der Waals surface area contributed by atoms with E-state index in [2.05, 4.69) is 50.4 Å². The second kappa shape index (κ2) is 4.75. The Morgan fingerprint density at radius 2 is 2.00 bits per heavy atom. The summed E-state index contributed by atoms with van der Waals surface area (Å²) >= 11 is 5.37. The van der Waals surface area contributed by atoms with Crippen LogP contribution < -0.4 is 5.32 Å². The Hall–Kier alpha value is -0.930. The average molecular weight is 249 g/mol. The van der Waals surface area contributed by atoms with Gasteiger partial charge in [0.15, 0.2) is 5.05 Å². The molecule has 1 unspecified atom stereocenters. The molecule has 17 heavy (non-hydrogen) atoms. The lowest BCUT2D eigenvalue weighted by Gasteiger charge is -2.28. The Morgan fingerprint density at radius 1 is 1.29 bits per heavy atom. The molecule has 0 radical (unpaired) electrons. The van der Waals surface area contributed by atoms with E-state index in [4.69, 9.17) is 17.0 Å². The van der Waals surface area contributed by atoms with Crippen LogP contribution in [0.2, 0.25) is 0 Å². The van der Waals surface area contributed by atoms with Crippen LogP contribution >= 0.6 is 12.2 Å². The van der Waals surface area contributed by atoms with Gasteiger partial charge in [0.1, 0.15) is 6.04 Å². The van der Waals surface area contributed by atoms with Gasteiger partial charge < -0.3 is 4.74 Å². The van der Waals surface area contributed by atoms with Gasteiger partial charge in [-0.3, -0.25) is 5.32 Å². The highest BCUT2D eigenvalue weighted by atomic mass is 32.1. The Labute approximate surface area is 108 Å². The molecular formula is C14H19NOS. The summed E-state index contributed by atoms with van der Waals surface area (Å²) in [5, 5.41) is 4.20. The SMILES string of the molecule is CC(C)(C)NC1C(=S)OCCc2ccccc21. The van der Waals surface area contributed by atoms with Crippen LogP contribution in [0.25, 0.3) is 0 Å². The van der Waals surface area contributed by atoms with E-state index in [1.807, 2.05) is 0 Å². The van der Waals surface area contributed by atoms with Crippen LogP contribution in [0.1, 0.15) is 37.9 Å². The molecule has 1 aromatic carbocycles. The van der Waals surface area contributed by atoms with Crippen LogP contribution in [0, 0.1) is 0 Å². The third kappa shape index (κ3) is 3.05. The van der Waals surface area contributed by atoms with E-state index in [9.17, 15) is 0 Å². The number of rotatable bonds is 1. The molecule has 0 fully saturated rings. The molecule has 0 bridgehead atoms. The van der Waals surface area contributed by atoms with E-state index in [0.29, 0.717) is 11.7 Å². The zero-order chi connectivity index (χ0) is 12.5. The molecule has 0 aromatic heterocycles. The van der Waals surface area contributed by atoms with Gasteiger partial charge in [-0.2, -0.15) is 0 Å². The van der Waals surface area contributed by atoms with Crippen LogP contribution in [-0.2, 0) is 11.2 Å². The molecule has 2 rings (SSSR count). The van der Waals surface area contributed by atoms with Gasteiger partial charge >= 0.3 is 0 Å². The molecule has 1 atom stereocenters. The molecule has 0 saturated heterocycles. The van der Waals surface area contributed by atoms with Crippen LogP contribution in [0.15, 0.2) is 24.3 Å². The highest BCUT2D eigenvalue weighted by Crippen LogP contribution is 2.26. The fourth-order valence-corrected chi connectivity index (χ4v) is 2.35. The van der Waals surface area contributed by atoms with Gasteiger partial charge in [0, 0.05) is 12.0 Å². The van der Waals surface area contributed by atoms with E-state index >= 15 is 0 Å². The number of thiocarbonyl (C=S) groups is 1. The van der Waals surface area contributed by atoms with Crippen molar-refractivity contribution in [3.05, 3.63) is 35.4 Å². The van der Waals surface area contributed by atoms with Gasteiger partial charge in [0.25, 0.3) is 0 Å². The molecule has 0 aliphatic carbocycles. The van der Waals surface area contributed by atoms with Crippen LogP contribution in [0.3, 0.4) is 0 Å². The second-order valence-corrected chi connectivity index (χ2v) is 5.85. The summed E-state index contributed by atoms with van der Waals surface area (Å²) in [4.78, 5) is 0. The molecule has 1 aliphatic heterocycles. The highest BCUT2D eigenvalue weighted by Gasteiger charge is 2.27. The Bertz CT molecular complexity index is 422. The first-order valence-electron chi connectivity index (χ1n) is 5.99. The molecular weight excluding hydrogens is 230 g/mol. The van der Waals surface area contributed by atoms with Crippen molar-refractivity contribution in [2.45, 2.75) is 38.8 Å². The van der Waals surface area contributed by atoms with Gasteiger partial charge in [-0.1, -0.05) is 24.3 Å². The molecule has 2 nitrogen and oxygen atoms in total. The van der Waals surface area contributed by atoms with Crippen molar-refractivity contribution >= 4 is 17.3 Å². The minimum Gasteiger partial charge on any atom is -0.485 e. The fourth-order valence-electron chi connectivity index (χ4n) is 2.09. The summed E-state index contributed by atoms with van der Waals surface area (Å²) in [6.45, 7) is 7.10. The number of hydrogen-bond donors (Lipinski definition) is 1. The first-order valence-corrected chi connectivity index (χ1v) is 6.40. The number of fused-ring (bicyclic) bond motifs is 1. The molecule has 1 heterocycles. The summed E-state index contributed by atoms with van der Waals surface area (Å²) in [6, 6.07) is 8.44. The molecule has 3 heteroatoms. The quantitative estimate of drug-likeness (QED) is 0.773. The summed E-state index contributed by atoms with van der Waals surface area (Å²) in [7, 11) is 0. The van der Waals surface area contributed by atoms with Crippen molar-refractivity contribution in [1.82, 2.24) is 5.32 Å². The summed E-state index contributed by atoms with van der Waals surface area (Å²) in [5.74, 6) is 0. The minimum absolute atomic E-state index is 0.00946. The van der Waals surface area contributed by atoms with E-state index in [1.54, 1.807) is 0 Å². The average Bonchev–Trinajstić information content (AvgIpc) is 2.38. The lowest BCUT2D eigenvalue weighted by atomic mass is 9.97. The van der Waals surface area contributed by atoms with Crippen LogP contribution in [-0.4, -0.2) is 17.2 Å². The molecule has 0 amide bonds. The minimum atomic E-state index is 0.00946. The van der Waals surface area contributed by atoms with Gasteiger partial charge in [-0.15, -0.1) is 0 Å². The first-order chi connectivity index (χ1) is 7.97. The largest absolute Gasteiger partial charge is 0.485 e. The van der Waals surface area contributed by atoms with Crippen LogP contribution in [0.4, 0.5) is 0 Å². The van der Waals surface area contributed by atoms with Crippen molar-refractivity contribution in [2.24, 2.45) is 0 Å². The Morgan fingerprint density at radius 3 is 2.71 bits per heavy atom. The van der Waals surface area contributed by atoms with Crippen molar-refractivity contribution < 1.29 is 4.74 Å². The van der Waals surface area contributed by atoms with Gasteiger partial charge in [-0.05, 0) is 44.1 Å². The first kappa shape index (κ1) is 12.5. The zero-order valence-corrected chi connectivity index (χ0v) is 11.4. The maximum absolute atomic E-state index is 5.61. The topological polar surface area (TPSA) is 21.3 Å². The monoisotopic (exact) mass is 249 g/mol. The number of nitrogens with one attached hydrogen (secondary N) is 1. The van der Waals surface area contributed by atoms with Crippen molar-refractivity contribution in [2.75, 3.05) is 6.61 Å². The smallest absolute Gasteiger partial charge is 0.181 e. The standard InChI is InChI=1S/C14H19NOS/c1-14(2,3)15-12-11-7-5-4-6-10(11)8-9-16-13(12)17/h4-7,12,15H,8-9H2,1-3H3. The normalized spacial score (nSPS) is 20.4. The summed E-state index contributed by atoms with van der Waals surface area (Å²) < 4.78 is 5.61. The fraction of sp³-hybridized carbons (Fsp3) is 0.500. The lowest BCUT2D eigenvalue weighted by molar-refractivity contribution is 0.294. The van der Waals surface area contributed by atoms with E-state index < -0.39 is 0 Å². The maximum atomic E-state index is 5.61. The third-order valence-electron chi connectivity index (χ3n) is 2.79. The molecule has 0 spiro atoms. The lowest BCUT2D eigenvalue weighted by Crippen LogP contribution is -2.42. The van der Waals surface area contributed by atoms with Gasteiger partial charge in [0.2, 0.25) is 0 Å². The highest BCUT2D eigenvalue weighted by molar-refractivity contribution is 7.80. The van der Waals surface area contributed by atoms with E-state index in [-0.39, 0.29) is 11.6 Å². The zero-order valence-electron chi connectivity index (χ0n) is 10.6. The molecule has 1 aliphatic rings. The van der Waals surface area contributed by atoms with Gasteiger partial charge in [-0.25, -0.2) is 0 Å². The van der Waals surface area contributed by atoms with Crippen molar-refractivity contribution in [3.8, 4) is 0 Å². The van der Waals surface area contributed by atoms with Crippen molar-refractivity contribution in [3.63, 3.8) is 0 Å². The predicted octanol–water partition coefficient (Wildman–Crippen LogP) is 3.02. The second-order valence-electron chi connectivity index (χ2n) is 5.44. The molecule has 1 aromatic rings. The molecule has 1 N–H and O–H groups in total. The maximum Gasteiger partial charge on any atom is 0.181 e. The molecule has 92 valence electrons. The number of ether oxygens (including phenoxy) is 1. The third-order valence-corrected chi connectivity index (χ3v) is 3.15. The van der Waals surface area contributed by atoms with Crippen molar-refractivity contribution in [1.29, 1.82) is 0 Å².